The van der Waals surface area contributed by atoms with Gasteiger partial charge in [-0.05, 0) is 29.8 Å². The SMILES string of the molecule is COc1ccc([C@H]([C@@H]2CC(=O)O[C@@H]2COC(C)=O)S(=O)(=O)c2ccccc2)cc1OC. The number of carbonyl (C=O) groups excluding carboxylic acids is 2. The van der Waals surface area contributed by atoms with Crippen LogP contribution in [0.15, 0.2) is 53.4 Å². The van der Waals surface area contributed by atoms with E-state index < -0.39 is 39.0 Å². The van der Waals surface area contributed by atoms with Gasteiger partial charge in [0, 0.05) is 12.8 Å². The molecule has 31 heavy (non-hydrogen) atoms. The van der Waals surface area contributed by atoms with Gasteiger partial charge in [0.1, 0.15) is 12.7 Å². The van der Waals surface area contributed by atoms with Crippen LogP contribution in [0.25, 0.3) is 0 Å². The van der Waals surface area contributed by atoms with Crippen molar-refractivity contribution in [2.75, 3.05) is 20.8 Å². The summed E-state index contributed by atoms with van der Waals surface area (Å²) in [7, 11) is -1.01. The van der Waals surface area contributed by atoms with Crippen molar-refractivity contribution in [3.8, 4) is 11.5 Å². The molecule has 0 amide bonds. The lowest BCUT2D eigenvalue weighted by Gasteiger charge is -2.27. The first kappa shape index (κ1) is 22.6. The number of ether oxygens (including phenoxy) is 4. The molecule has 1 aliphatic rings. The zero-order valence-electron chi connectivity index (χ0n) is 17.4. The van der Waals surface area contributed by atoms with E-state index >= 15 is 0 Å². The summed E-state index contributed by atoms with van der Waals surface area (Å²) in [4.78, 5) is 23.5. The molecule has 2 aromatic carbocycles. The molecule has 1 aliphatic heterocycles. The molecule has 1 saturated heterocycles. The highest BCUT2D eigenvalue weighted by molar-refractivity contribution is 7.91. The van der Waals surface area contributed by atoms with E-state index in [0.29, 0.717) is 17.1 Å². The molecular formula is C22H24O8S. The molecule has 1 fully saturated rings. The minimum atomic E-state index is -3.95. The molecule has 8 nitrogen and oxygen atoms in total. The molecule has 3 atom stereocenters. The standard InChI is InChI=1S/C22H24O8S/c1-14(23)29-13-20-17(12-21(24)30-20)22(31(25,26)16-7-5-4-6-8-16)15-9-10-18(27-2)19(11-15)28-3/h4-11,17,20,22H,12-13H2,1-3H3/t17-,20-,22-/m1/s1. The number of rotatable bonds is 8. The van der Waals surface area contributed by atoms with Crippen molar-refractivity contribution in [2.24, 2.45) is 5.92 Å². The van der Waals surface area contributed by atoms with Crippen molar-refractivity contribution in [2.45, 2.75) is 29.6 Å². The van der Waals surface area contributed by atoms with E-state index in [9.17, 15) is 18.0 Å². The molecular weight excluding hydrogens is 424 g/mol. The number of carbonyl (C=O) groups is 2. The predicted molar refractivity (Wildman–Crippen MR) is 111 cm³/mol. The summed E-state index contributed by atoms with van der Waals surface area (Å²) >= 11 is 0. The molecule has 0 aliphatic carbocycles. The van der Waals surface area contributed by atoms with Crippen LogP contribution < -0.4 is 9.47 Å². The molecule has 2 aromatic rings. The van der Waals surface area contributed by atoms with Gasteiger partial charge in [0.2, 0.25) is 0 Å². The molecule has 0 saturated carbocycles. The van der Waals surface area contributed by atoms with E-state index in [4.69, 9.17) is 18.9 Å². The fourth-order valence-corrected chi connectivity index (χ4v) is 5.80. The Morgan fingerprint density at radius 2 is 1.77 bits per heavy atom. The summed E-state index contributed by atoms with van der Waals surface area (Å²) in [5.74, 6) is -1.06. The van der Waals surface area contributed by atoms with Gasteiger partial charge >= 0.3 is 11.9 Å². The van der Waals surface area contributed by atoms with Crippen molar-refractivity contribution >= 4 is 21.8 Å². The van der Waals surface area contributed by atoms with E-state index in [1.807, 2.05) is 0 Å². The van der Waals surface area contributed by atoms with Crippen molar-refractivity contribution in [3.05, 3.63) is 54.1 Å². The Labute approximate surface area is 181 Å². The molecule has 0 N–H and O–H groups in total. The number of sulfone groups is 1. The molecule has 0 unspecified atom stereocenters. The first-order valence-electron chi connectivity index (χ1n) is 9.61. The van der Waals surface area contributed by atoms with Gasteiger partial charge in [0.15, 0.2) is 21.3 Å². The first-order valence-corrected chi connectivity index (χ1v) is 11.2. The van der Waals surface area contributed by atoms with Crippen LogP contribution in [0, 0.1) is 5.92 Å². The summed E-state index contributed by atoms with van der Waals surface area (Å²) in [5.41, 5.74) is 0.414. The fourth-order valence-electron chi connectivity index (χ4n) is 3.73. The number of benzene rings is 2. The highest BCUT2D eigenvalue weighted by atomic mass is 32.2. The Morgan fingerprint density at radius 3 is 2.39 bits per heavy atom. The molecule has 9 heteroatoms. The van der Waals surface area contributed by atoms with Gasteiger partial charge in [-0.15, -0.1) is 0 Å². The topological polar surface area (TPSA) is 105 Å². The van der Waals surface area contributed by atoms with Crippen LogP contribution in [0.1, 0.15) is 24.2 Å². The minimum absolute atomic E-state index is 0.111. The normalized spacial score (nSPS) is 19.4. The van der Waals surface area contributed by atoms with E-state index in [1.165, 1.54) is 33.3 Å². The van der Waals surface area contributed by atoms with Crippen LogP contribution in [0.5, 0.6) is 11.5 Å². The Kier molecular flexibility index (Phi) is 6.84. The average Bonchev–Trinajstić information content (AvgIpc) is 3.12. The number of hydrogen-bond acceptors (Lipinski definition) is 8. The molecule has 0 spiro atoms. The van der Waals surface area contributed by atoms with Gasteiger partial charge in [-0.2, -0.15) is 0 Å². The van der Waals surface area contributed by atoms with Gasteiger partial charge in [0.25, 0.3) is 0 Å². The number of cyclic esters (lactones) is 1. The molecule has 0 aromatic heterocycles. The highest BCUT2D eigenvalue weighted by Crippen LogP contribution is 2.44. The van der Waals surface area contributed by atoms with Crippen molar-refractivity contribution in [1.29, 1.82) is 0 Å². The maximum Gasteiger partial charge on any atom is 0.306 e. The average molecular weight is 448 g/mol. The zero-order valence-corrected chi connectivity index (χ0v) is 18.3. The van der Waals surface area contributed by atoms with Crippen LogP contribution in [0.3, 0.4) is 0 Å². The summed E-state index contributed by atoms with van der Waals surface area (Å²) in [6, 6.07) is 12.8. The van der Waals surface area contributed by atoms with E-state index in [-0.39, 0.29) is 17.9 Å². The zero-order chi connectivity index (χ0) is 22.6. The molecule has 166 valence electrons. The lowest BCUT2D eigenvalue weighted by atomic mass is 9.92. The van der Waals surface area contributed by atoms with Gasteiger partial charge in [-0.25, -0.2) is 8.42 Å². The lowest BCUT2D eigenvalue weighted by molar-refractivity contribution is -0.152. The Hall–Kier alpha value is -3.07. The Morgan fingerprint density at radius 1 is 1.10 bits per heavy atom. The second-order valence-electron chi connectivity index (χ2n) is 7.09. The third kappa shape index (κ3) is 4.82. The van der Waals surface area contributed by atoms with Crippen molar-refractivity contribution in [1.82, 2.24) is 0 Å². The van der Waals surface area contributed by atoms with Gasteiger partial charge in [-0.1, -0.05) is 24.3 Å². The fraction of sp³-hybridized carbons (Fsp3) is 0.364. The van der Waals surface area contributed by atoms with Gasteiger partial charge in [0.05, 0.1) is 30.8 Å². The number of hydrogen-bond donors (Lipinski definition) is 0. The smallest absolute Gasteiger partial charge is 0.306 e. The summed E-state index contributed by atoms with van der Waals surface area (Å²) in [6.45, 7) is 1.01. The van der Waals surface area contributed by atoms with Crippen LogP contribution >= 0.6 is 0 Å². The molecule has 0 bridgehead atoms. The predicted octanol–water partition coefficient (Wildman–Crippen LogP) is 2.71. The Bertz CT molecular complexity index is 1050. The monoisotopic (exact) mass is 448 g/mol. The van der Waals surface area contributed by atoms with Crippen LogP contribution in [-0.4, -0.2) is 47.3 Å². The van der Waals surface area contributed by atoms with Crippen LogP contribution in [0.4, 0.5) is 0 Å². The maximum absolute atomic E-state index is 13.7. The van der Waals surface area contributed by atoms with Crippen molar-refractivity contribution in [3.63, 3.8) is 0 Å². The molecule has 1 heterocycles. The van der Waals surface area contributed by atoms with Crippen molar-refractivity contribution < 1.29 is 37.0 Å². The lowest BCUT2D eigenvalue weighted by Crippen LogP contribution is -2.32. The Balaban J connectivity index is 2.13. The van der Waals surface area contributed by atoms with Gasteiger partial charge in [-0.3, -0.25) is 9.59 Å². The maximum atomic E-state index is 13.7. The van der Waals surface area contributed by atoms with Crippen LogP contribution in [0.2, 0.25) is 0 Å². The van der Waals surface area contributed by atoms with Gasteiger partial charge < -0.3 is 18.9 Å². The third-order valence-corrected chi connectivity index (χ3v) is 7.36. The number of esters is 2. The second-order valence-corrected chi connectivity index (χ2v) is 9.16. The summed E-state index contributed by atoms with van der Waals surface area (Å²) in [6.07, 6.45) is -1.02. The molecule has 0 radical (unpaired) electrons. The quantitative estimate of drug-likeness (QED) is 0.568. The van der Waals surface area contributed by atoms with E-state index in [1.54, 1.807) is 36.4 Å². The van der Waals surface area contributed by atoms with E-state index in [0.717, 1.165) is 0 Å². The summed E-state index contributed by atoms with van der Waals surface area (Å²) in [5, 5.41) is -1.14. The highest BCUT2D eigenvalue weighted by Gasteiger charge is 2.47. The second kappa shape index (κ2) is 9.38. The minimum Gasteiger partial charge on any atom is -0.493 e. The largest absolute Gasteiger partial charge is 0.493 e. The number of methoxy groups -OCH3 is 2. The third-order valence-electron chi connectivity index (χ3n) is 5.14. The van der Waals surface area contributed by atoms with Crippen LogP contribution in [-0.2, 0) is 28.9 Å². The van der Waals surface area contributed by atoms with E-state index in [2.05, 4.69) is 0 Å². The molecule has 3 rings (SSSR count). The summed E-state index contributed by atoms with van der Waals surface area (Å²) < 4.78 is 48.4. The first-order chi connectivity index (χ1) is 14.8.